The lowest BCUT2D eigenvalue weighted by molar-refractivity contribution is -0.132. The van der Waals surface area contributed by atoms with E-state index in [1.165, 1.54) is 29.5 Å². The van der Waals surface area contributed by atoms with Crippen LogP contribution in [0.4, 0.5) is 0 Å². The average Bonchev–Trinajstić information content (AvgIpc) is 3.04. The molecule has 1 atom stereocenters. The number of allylic oxidation sites excluding steroid dienone is 1. The number of aromatic nitrogens is 1. The molecule has 0 aliphatic carbocycles. The van der Waals surface area contributed by atoms with Crippen molar-refractivity contribution in [1.82, 2.24) is 9.47 Å². The SMILES string of the molecule is C=CCn1c(=NC(=O)CSCC(=O)N2CCCCC2CC)sc2cc(Cl)ccc21. The summed E-state index contributed by atoms with van der Waals surface area (Å²) in [5.74, 6) is 0.419. The zero-order valence-electron chi connectivity index (χ0n) is 16.6. The first-order valence-corrected chi connectivity index (χ1v) is 12.2. The smallest absolute Gasteiger partial charge is 0.258 e. The number of hydrogen-bond donors (Lipinski definition) is 0. The Morgan fingerprint density at radius 2 is 2.21 bits per heavy atom. The minimum atomic E-state index is -0.232. The summed E-state index contributed by atoms with van der Waals surface area (Å²) in [6.07, 6.45) is 6.11. The maximum atomic E-state index is 12.5. The van der Waals surface area contributed by atoms with Crippen LogP contribution < -0.4 is 4.80 Å². The van der Waals surface area contributed by atoms with E-state index in [9.17, 15) is 9.59 Å². The lowest BCUT2D eigenvalue weighted by Gasteiger charge is -2.35. The first kappa shape index (κ1) is 22.1. The molecule has 0 spiro atoms. The van der Waals surface area contributed by atoms with E-state index in [2.05, 4.69) is 18.5 Å². The van der Waals surface area contributed by atoms with Crippen molar-refractivity contribution in [1.29, 1.82) is 0 Å². The van der Waals surface area contributed by atoms with Crippen LogP contribution in [-0.4, -0.2) is 45.4 Å². The fraction of sp³-hybridized carbons (Fsp3) is 0.476. The van der Waals surface area contributed by atoms with Gasteiger partial charge in [0.15, 0.2) is 4.80 Å². The molecule has 5 nitrogen and oxygen atoms in total. The Bertz CT molecular complexity index is 966. The van der Waals surface area contributed by atoms with E-state index < -0.39 is 0 Å². The van der Waals surface area contributed by atoms with E-state index in [1.807, 2.05) is 27.7 Å². The maximum absolute atomic E-state index is 12.5. The number of thioether (sulfide) groups is 1. The number of hydrogen-bond acceptors (Lipinski definition) is 4. The normalized spacial score (nSPS) is 17.7. The quantitative estimate of drug-likeness (QED) is 0.582. The minimum Gasteiger partial charge on any atom is -0.339 e. The summed E-state index contributed by atoms with van der Waals surface area (Å²) >= 11 is 8.86. The van der Waals surface area contributed by atoms with Gasteiger partial charge in [0.2, 0.25) is 5.91 Å². The Balaban J connectivity index is 1.65. The van der Waals surface area contributed by atoms with Crippen molar-refractivity contribution in [2.75, 3.05) is 18.1 Å². The molecule has 1 aromatic heterocycles. The van der Waals surface area contributed by atoms with Gasteiger partial charge in [-0.25, -0.2) is 0 Å². The first-order valence-electron chi connectivity index (χ1n) is 9.88. The van der Waals surface area contributed by atoms with E-state index in [0.717, 1.165) is 36.0 Å². The van der Waals surface area contributed by atoms with Gasteiger partial charge in [0.05, 0.1) is 21.7 Å². The molecule has 8 heteroatoms. The minimum absolute atomic E-state index is 0.132. The van der Waals surface area contributed by atoms with Crippen molar-refractivity contribution in [2.24, 2.45) is 4.99 Å². The van der Waals surface area contributed by atoms with Crippen LogP contribution in [0.2, 0.25) is 5.02 Å². The largest absolute Gasteiger partial charge is 0.339 e. The molecule has 0 bridgehead atoms. The number of piperidine rings is 1. The second-order valence-electron chi connectivity index (χ2n) is 7.04. The van der Waals surface area contributed by atoms with Crippen molar-refractivity contribution in [3.8, 4) is 0 Å². The van der Waals surface area contributed by atoms with E-state index in [-0.39, 0.29) is 17.6 Å². The number of amides is 2. The average molecular weight is 452 g/mol. The van der Waals surface area contributed by atoms with Crippen LogP contribution in [-0.2, 0) is 16.1 Å². The number of thiazole rings is 1. The molecule has 29 heavy (non-hydrogen) atoms. The maximum Gasteiger partial charge on any atom is 0.258 e. The van der Waals surface area contributed by atoms with Crippen LogP contribution >= 0.6 is 34.7 Å². The van der Waals surface area contributed by atoms with E-state index >= 15 is 0 Å². The van der Waals surface area contributed by atoms with Gasteiger partial charge in [0, 0.05) is 24.2 Å². The second kappa shape index (κ2) is 10.5. The summed E-state index contributed by atoms with van der Waals surface area (Å²) in [5, 5.41) is 0.652. The summed E-state index contributed by atoms with van der Waals surface area (Å²) < 4.78 is 2.93. The summed E-state index contributed by atoms with van der Waals surface area (Å²) in [6, 6.07) is 5.98. The van der Waals surface area contributed by atoms with E-state index in [0.29, 0.717) is 28.2 Å². The standard InChI is InChI=1S/C21H26ClN3O2S2/c1-3-10-25-17-9-8-15(22)12-18(17)29-21(25)23-19(26)13-28-14-20(27)24-11-6-5-7-16(24)4-2/h3,8-9,12,16H,1,4-7,10-11,13-14H2,2H3. The number of halogens is 1. The number of nitrogens with zero attached hydrogens (tertiary/aromatic N) is 3. The van der Waals surface area contributed by atoms with Crippen LogP contribution in [0.15, 0.2) is 35.8 Å². The summed E-state index contributed by atoms with van der Waals surface area (Å²) in [6.45, 7) is 7.32. The van der Waals surface area contributed by atoms with Crippen molar-refractivity contribution in [3.63, 3.8) is 0 Å². The van der Waals surface area contributed by atoms with Crippen LogP contribution in [0.3, 0.4) is 0 Å². The molecule has 0 saturated carbocycles. The van der Waals surface area contributed by atoms with E-state index in [1.54, 1.807) is 6.08 Å². The third-order valence-corrected chi connectivity index (χ3v) is 7.23. The van der Waals surface area contributed by atoms with Crippen LogP contribution in [0.25, 0.3) is 10.2 Å². The van der Waals surface area contributed by atoms with Gasteiger partial charge in [-0.3, -0.25) is 9.59 Å². The molecule has 2 amide bonds. The monoisotopic (exact) mass is 451 g/mol. The topological polar surface area (TPSA) is 54.7 Å². The van der Waals surface area contributed by atoms with Crippen molar-refractivity contribution < 1.29 is 9.59 Å². The molecule has 1 aliphatic rings. The van der Waals surface area contributed by atoms with Gasteiger partial charge in [-0.2, -0.15) is 4.99 Å². The second-order valence-corrected chi connectivity index (χ2v) is 9.47. The van der Waals surface area contributed by atoms with Crippen LogP contribution in [0.1, 0.15) is 32.6 Å². The van der Waals surface area contributed by atoms with Crippen LogP contribution in [0.5, 0.6) is 0 Å². The van der Waals surface area contributed by atoms with E-state index in [4.69, 9.17) is 11.6 Å². The van der Waals surface area contributed by atoms with Gasteiger partial charge in [-0.15, -0.1) is 18.3 Å². The highest BCUT2D eigenvalue weighted by Gasteiger charge is 2.25. The zero-order valence-corrected chi connectivity index (χ0v) is 19.0. The van der Waals surface area contributed by atoms with Gasteiger partial charge < -0.3 is 9.47 Å². The number of benzene rings is 1. The van der Waals surface area contributed by atoms with Crippen LogP contribution in [0, 0.1) is 0 Å². The van der Waals surface area contributed by atoms with Crippen molar-refractivity contribution >= 4 is 56.7 Å². The fourth-order valence-corrected chi connectivity index (χ4v) is 5.65. The Hall–Kier alpha value is -1.57. The highest BCUT2D eigenvalue weighted by atomic mass is 35.5. The van der Waals surface area contributed by atoms with Crippen molar-refractivity contribution in [3.05, 3.63) is 40.7 Å². The van der Waals surface area contributed by atoms with Gasteiger partial charge in [-0.05, 0) is 43.9 Å². The molecule has 3 rings (SSSR count). The lowest BCUT2D eigenvalue weighted by atomic mass is 10.0. The van der Waals surface area contributed by atoms with Gasteiger partial charge in [-0.1, -0.05) is 35.9 Å². The Kier molecular flexibility index (Phi) is 7.98. The lowest BCUT2D eigenvalue weighted by Crippen LogP contribution is -2.44. The predicted octanol–water partition coefficient (Wildman–Crippen LogP) is 4.49. The summed E-state index contributed by atoms with van der Waals surface area (Å²) in [5.41, 5.74) is 0.976. The molecule has 1 fully saturated rings. The summed E-state index contributed by atoms with van der Waals surface area (Å²) in [7, 11) is 0. The van der Waals surface area contributed by atoms with Gasteiger partial charge in [0.25, 0.3) is 5.91 Å². The number of carbonyl (C=O) groups is 2. The number of likely N-dealkylation sites (tertiary alicyclic amines) is 1. The molecule has 1 saturated heterocycles. The highest BCUT2D eigenvalue weighted by Crippen LogP contribution is 2.22. The fourth-order valence-electron chi connectivity index (χ4n) is 3.64. The Morgan fingerprint density at radius 3 is 2.97 bits per heavy atom. The molecule has 1 unspecified atom stereocenters. The number of fused-ring (bicyclic) bond motifs is 1. The molecule has 0 radical (unpaired) electrons. The molecule has 156 valence electrons. The molecule has 1 aliphatic heterocycles. The Labute approximate surface area is 184 Å². The number of carbonyl (C=O) groups excluding carboxylic acids is 2. The molecule has 2 aromatic rings. The Morgan fingerprint density at radius 1 is 1.38 bits per heavy atom. The highest BCUT2D eigenvalue weighted by molar-refractivity contribution is 8.00. The third-order valence-electron chi connectivity index (χ3n) is 5.05. The van der Waals surface area contributed by atoms with Gasteiger partial charge >= 0.3 is 0 Å². The van der Waals surface area contributed by atoms with Crippen molar-refractivity contribution in [2.45, 2.75) is 45.2 Å². The molecule has 1 aromatic carbocycles. The molecular weight excluding hydrogens is 426 g/mol. The summed E-state index contributed by atoms with van der Waals surface area (Å²) in [4.78, 5) is 31.9. The zero-order chi connectivity index (χ0) is 20.8. The predicted molar refractivity (Wildman–Crippen MR) is 123 cm³/mol. The molecule has 0 N–H and O–H groups in total. The molecular formula is C21H26ClN3O2S2. The van der Waals surface area contributed by atoms with Gasteiger partial charge in [0.1, 0.15) is 0 Å². The third kappa shape index (κ3) is 5.53. The first-order chi connectivity index (χ1) is 14.0. The number of rotatable bonds is 7. The molecule has 2 heterocycles.